The Hall–Kier alpha value is -0.710. The van der Waals surface area contributed by atoms with E-state index in [2.05, 4.69) is 9.89 Å². The quantitative estimate of drug-likeness (QED) is 0.551. The molecular formula is C11H18N4OS2. The number of rotatable bonds is 2. The van der Waals surface area contributed by atoms with Gasteiger partial charge in [-0.1, -0.05) is 0 Å². The van der Waals surface area contributed by atoms with Gasteiger partial charge in [0.1, 0.15) is 10.7 Å². The van der Waals surface area contributed by atoms with E-state index in [1.807, 2.05) is 20.2 Å². The van der Waals surface area contributed by atoms with Gasteiger partial charge in [0.05, 0.1) is 0 Å². The Morgan fingerprint density at radius 2 is 1.83 bits per heavy atom. The maximum atomic E-state index is 11.9. The third kappa shape index (κ3) is 4.19. The molecule has 0 bridgehead atoms. The number of carbonyl (C=O) groups is 1. The van der Waals surface area contributed by atoms with Crippen molar-refractivity contribution in [1.29, 1.82) is 5.26 Å². The van der Waals surface area contributed by atoms with Crippen molar-refractivity contribution in [3.05, 3.63) is 0 Å². The normalized spacial score (nSPS) is 24.8. The van der Waals surface area contributed by atoms with Crippen molar-refractivity contribution >= 4 is 35.3 Å². The maximum Gasteiger partial charge on any atom is 0.271 e. The average Bonchev–Trinajstić information content (AvgIpc) is 2.35. The first-order valence-electron chi connectivity index (χ1n) is 5.55. The van der Waals surface area contributed by atoms with Crippen LogP contribution in [0.3, 0.4) is 0 Å². The van der Waals surface area contributed by atoms with E-state index in [1.54, 1.807) is 42.5 Å². The van der Waals surface area contributed by atoms with Gasteiger partial charge >= 0.3 is 0 Å². The molecule has 1 saturated heterocycles. The fourth-order valence-electron chi connectivity index (χ4n) is 1.32. The number of thioether (sulfide) groups is 2. The zero-order valence-electron chi connectivity index (χ0n) is 11.1. The Balaban J connectivity index is 2.58. The van der Waals surface area contributed by atoms with Crippen LogP contribution in [0.2, 0.25) is 0 Å². The van der Waals surface area contributed by atoms with Crippen LogP contribution in [0.5, 0.6) is 0 Å². The second-order valence-electron chi connectivity index (χ2n) is 4.40. The number of hydrogen-bond acceptors (Lipinski definition) is 5. The molecule has 1 rings (SSSR count). The molecule has 1 amide bonds. The lowest BCUT2D eigenvalue weighted by Crippen LogP contribution is -2.37. The van der Waals surface area contributed by atoms with E-state index in [0.29, 0.717) is 6.04 Å². The van der Waals surface area contributed by atoms with Crippen LogP contribution in [0.25, 0.3) is 0 Å². The lowest BCUT2D eigenvalue weighted by molar-refractivity contribution is -0.116. The summed E-state index contributed by atoms with van der Waals surface area (Å²) >= 11 is 3.22. The van der Waals surface area contributed by atoms with Crippen molar-refractivity contribution in [1.82, 2.24) is 9.80 Å². The number of hydrogen-bond donors (Lipinski definition) is 0. The summed E-state index contributed by atoms with van der Waals surface area (Å²) in [4.78, 5) is 19.5. The summed E-state index contributed by atoms with van der Waals surface area (Å²) < 4.78 is -0.176. The van der Waals surface area contributed by atoms with Gasteiger partial charge < -0.3 is 9.80 Å². The molecule has 0 aromatic heterocycles. The minimum absolute atomic E-state index is 0.163. The highest BCUT2D eigenvalue weighted by Crippen LogP contribution is 2.33. The number of nitriles is 1. The third-order valence-electron chi connectivity index (χ3n) is 2.55. The Bertz CT molecular complexity index is 368. The molecule has 0 radical (unpaired) electrons. The molecule has 0 N–H and O–H groups in total. The highest BCUT2D eigenvalue weighted by molar-refractivity contribution is 8.18. The largest absolute Gasteiger partial charge is 0.354 e. The minimum atomic E-state index is -0.215. The molecule has 18 heavy (non-hydrogen) atoms. The summed E-state index contributed by atoms with van der Waals surface area (Å²) in [6, 6.07) is 2.42. The molecule has 1 aliphatic rings. The monoisotopic (exact) mass is 286 g/mol. The standard InChI is InChI=1S/C11H18N4OS2/c1-14(2)8-6-17-11(18-7-8)10(16)13-9(5-12)15(3)4/h8,11H,6-7H2,1-4H3. The number of amidine groups is 1. The summed E-state index contributed by atoms with van der Waals surface area (Å²) in [6.45, 7) is 0. The topological polar surface area (TPSA) is 59.7 Å². The van der Waals surface area contributed by atoms with Crippen LogP contribution < -0.4 is 0 Å². The van der Waals surface area contributed by atoms with Gasteiger partial charge in [-0.3, -0.25) is 4.79 Å². The molecule has 0 saturated carbocycles. The van der Waals surface area contributed by atoms with E-state index in [4.69, 9.17) is 5.26 Å². The van der Waals surface area contributed by atoms with Crippen LogP contribution in [-0.2, 0) is 4.79 Å². The molecule has 100 valence electrons. The van der Waals surface area contributed by atoms with E-state index in [9.17, 15) is 4.79 Å². The molecule has 0 unspecified atom stereocenters. The van der Waals surface area contributed by atoms with Crippen molar-refractivity contribution in [3.8, 4) is 6.07 Å². The first-order chi connectivity index (χ1) is 8.45. The summed E-state index contributed by atoms with van der Waals surface area (Å²) in [5.74, 6) is 1.80. The van der Waals surface area contributed by atoms with Gasteiger partial charge in [-0.15, -0.1) is 23.5 Å². The van der Waals surface area contributed by atoms with E-state index in [-0.39, 0.29) is 16.3 Å². The number of nitrogens with zero attached hydrogens (tertiary/aromatic N) is 4. The fraction of sp³-hybridized carbons (Fsp3) is 0.727. The van der Waals surface area contributed by atoms with E-state index >= 15 is 0 Å². The Labute approximate surface area is 117 Å². The lowest BCUT2D eigenvalue weighted by atomic mass is 10.4. The van der Waals surface area contributed by atoms with E-state index < -0.39 is 0 Å². The van der Waals surface area contributed by atoms with Crippen molar-refractivity contribution < 1.29 is 4.79 Å². The Morgan fingerprint density at radius 1 is 1.28 bits per heavy atom. The van der Waals surface area contributed by atoms with Crippen LogP contribution in [0.1, 0.15) is 0 Å². The van der Waals surface area contributed by atoms with Crippen molar-refractivity contribution in [2.45, 2.75) is 10.6 Å². The summed E-state index contributed by atoms with van der Waals surface area (Å²) in [5.41, 5.74) is 0. The van der Waals surface area contributed by atoms with Crippen LogP contribution in [0.4, 0.5) is 0 Å². The fourth-order valence-corrected chi connectivity index (χ4v) is 4.34. The van der Waals surface area contributed by atoms with Gasteiger partial charge in [-0.05, 0) is 14.1 Å². The van der Waals surface area contributed by atoms with Gasteiger partial charge in [0.25, 0.3) is 5.91 Å². The molecule has 7 heteroatoms. The van der Waals surface area contributed by atoms with Crippen molar-refractivity contribution in [3.63, 3.8) is 0 Å². The van der Waals surface area contributed by atoms with E-state index in [0.717, 1.165) is 11.5 Å². The number of carbonyl (C=O) groups excluding carboxylic acids is 1. The SMILES string of the molecule is CN(C)C(C#N)=NC(=O)C1SCC(N(C)C)CS1. The zero-order chi connectivity index (χ0) is 13.7. The number of amides is 1. The van der Waals surface area contributed by atoms with Gasteiger partial charge in [-0.25, -0.2) is 0 Å². The Morgan fingerprint density at radius 3 is 2.22 bits per heavy atom. The average molecular weight is 286 g/mol. The molecule has 0 aliphatic carbocycles. The maximum absolute atomic E-state index is 11.9. The molecule has 0 atom stereocenters. The molecule has 0 aromatic carbocycles. The van der Waals surface area contributed by atoms with Crippen LogP contribution in [-0.4, -0.2) is 71.9 Å². The smallest absolute Gasteiger partial charge is 0.271 e. The van der Waals surface area contributed by atoms with Crippen LogP contribution >= 0.6 is 23.5 Å². The molecular weight excluding hydrogens is 268 g/mol. The van der Waals surface area contributed by atoms with Crippen molar-refractivity contribution in [2.24, 2.45) is 4.99 Å². The Kier molecular flexibility index (Phi) is 5.99. The minimum Gasteiger partial charge on any atom is -0.354 e. The summed E-state index contributed by atoms with van der Waals surface area (Å²) in [5, 5.41) is 8.86. The predicted octanol–water partition coefficient (Wildman–Crippen LogP) is 0.733. The van der Waals surface area contributed by atoms with Gasteiger partial charge in [0.2, 0.25) is 5.84 Å². The molecule has 1 fully saturated rings. The molecule has 0 spiro atoms. The molecule has 1 aliphatic heterocycles. The third-order valence-corrected chi connectivity index (χ3v) is 5.53. The predicted molar refractivity (Wildman–Crippen MR) is 77.9 cm³/mol. The van der Waals surface area contributed by atoms with Gasteiger partial charge in [0.15, 0.2) is 0 Å². The lowest BCUT2D eigenvalue weighted by Gasteiger charge is -2.30. The molecule has 5 nitrogen and oxygen atoms in total. The number of aliphatic imine (C=N–C) groups is 1. The van der Waals surface area contributed by atoms with Crippen molar-refractivity contribution in [2.75, 3.05) is 39.7 Å². The van der Waals surface area contributed by atoms with Crippen LogP contribution in [0, 0.1) is 11.3 Å². The first-order valence-corrected chi connectivity index (χ1v) is 7.65. The highest BCUT2D eigenvalue weighted by atomic mass is 32.2. The zero-order valence-corrected chi connectivity index (χ0v) is 12.7. The van der Waals surface area contributed by atoms with E-state index in [1.165, 1.54) is 0 Å². The second-order valence-corrected chi connectivity index (χ2v) is 6.97. The van der Waals surface area contributed by atoms with Gasteiger partial charge in [0, 0.05) is 31.6 Å². The van der Waals surface area contributed by atoms with Gasteiger partial charge in [-0.2, -0.15) is 10.3 Å². The summed E-state index contributed by atoms with van der Waals surface area (Å²) in [7, 11) is 7.51. The summed E-state index contributed by atoms with van der Waals surface area (Å²) in [6.07, 6.45) is 0. The van der Waals surface area contributed by atoms with Crippen LogP contribution in [0.15, 0.2) is 4.99 Å². The highest BCUT2D eigenvalue weighted by Gasteiger charge is 2.28. The molecule has 0 aromatic rings. The second kappa shape index (κ2) is 7.02. The first kappa shape index (κ1) is 15.3. The molecule has 1 heterocycles.